The van der Waals surface area contributed by atoms with E-state index < -0.39 is 0 Å². The zero-order valence-electron chi connectivity index (χ0n) is 6.50. The lowest BCUT2D eigenvalue weighted by atomic mass is 10.2. The molecule has 0 unspecified atom stereocenters. The first-order chi connectivity index (χ1) is 5.27. The van der Waals surface area contributed by atoms with E-state index >= 15 is 0 Å². The standard InChI is InChI=1S/C9H11NO/c1-3-7-4-5-8(11-2)6-9(7)10/h3-6H,1,10H2,2H3. The second-order valence-electron chi connectivity index (χ2n) is 2.20. The first-order valence-electron chi connectivity index (χ1n) is 3.34. The monoisotopic (exact) mass is 149 g/mol. The van der Waals surface area contributed by atoms with E-state index in [-0.39, 0.29) is 0 Å². The number of nitrogens with two attached hydrogens (primary N) is 1. The Kier molecular flexibility index (Phi) is 2.16. The average Bonchev–Trinajstić information content (AvgIpc) is 2.04. The van der Waals surface area contributed by atoms with Gasteiger partial charge in [-0.25, -0.2) is 0 Å². The van der Waals surface area contributed by atoms with Crippen LogP contribution in [-0.2, 0) is 0 Å². The molecule has 0 aromatic heterocycles. The van der Waals surface area contributed by atoms with Crippen LogP contribution in [0.25, 0.3) is 6.08 Å². The number of benzene rings is 1. The van der Waals surface area contributed by atoms with E-state index in [1.165, 1.54) is 0 Å². The Hall–Kier alpha value is -1.44. The molecule has 0 bridgehead atoms. The molecule has 0 saturated carbocycles. The highest BCUT2D eigenvalue weighted by atomic mass is 16.5. The molecule has 1 aromatic carbocycles. The molecule has 0 aliphatic carbocycles. The van der Waals surface area contributed by atoms with Gasteiger partial charge in [-0.1, -0.05) is 12.7 Å². The molecule has 58 valence electrons. The third-order valence-corrected chi connectivity index (χ3v) is 1.51. The van der Waals surface area contributed by atoms with Crippen LogP contribution in [0.4, 0.5) is 5.69 Å². The number of methoxy groups -OCH3 is 1. The maximum atomic E-state index is 5.66. The number of rotatable bonds is 2. The second-order valence-corrected chi connectivity index (χ2v) is 2.20. The Morgan fingerprint density at radius 1 is 1.55 bits per heavy atom. The van der Waals surface area contributed by atoms with Gasteiger partial charge in [0.15, 0.2) is 0 Å². The van der Waals surface area contributed by atoms with E-state index in [2.05, 4.69) is 6.58 Å². The molecule has 0 heterocycles. The van der Waals surface area contributed by atoms with Crippen LogP contribution in [0.5, 0.6) is 5.75 Å². The van der Waals surface area contributed by atoms with E-state index in [1.54, 1.807) is 19.3 Å². The first kappa shape index (κ1) is 7.66. The SMILES string of the molecule is C=Cc1ccc(OC)cc1N. The number of hydrogen-bond acceptors (Lipinski definition) is 2. The van der Waals surface area contributed by atoms with Crippen molar-refractivity contribution in [2.45, 2.75) is 0 Å². The third-order valence-electron chi connectivity index (χ3n) is 1.51. The van der Waals surface area contributed by atoms with E-state index in [4.69, 9.17) is 10.5 Å². The molecule has 2 heteroatoms. The van der Waals surface area contributed by atoms with E-state index in [0.717, 1.165) is 11.3 Å². The van der Waals surface area contributed by atoms with Crippen LogP contribution >= 0.6 is 0 Å². The van der Waals surface area contributed by atoms with Crippen LogP contribution in [0, 0.1) is 0 Å². The van der Waals surface area contributed by atoms with Gasteiger partial charge in [0, 0.05) is 11.8 Å². The van der Waals surface area contributed by atoms with Crippen LogP contribution in [0.15, 0.2) is 24.8 Å². The van der Waals surface area contributed by atoms with Crippen LogP contribution in [0.1, 0.15) is 5.56 Å². The van der Waals surface area contributed by atoms with Gasteiger partial charge in [0.1, 0.15) is 5.75 Å². The fourth-order valence-corrected chi connectivity index (χ4v) is 0.866. The van der Waals surface area contributed by atoms with Gasteiger partial charge in [0.05, 0.1) is 7.11 Å². The number of hydrogen-bond donors (Lipinski definition) is 1. The van der Waals surface area contributed by atoms with Gasteiger partial charge in [-0.05, 0) is 17.7 Å². The Balaban J connectivity index is 3.09. The quantitative estimate of drug-likeness (QED) is 0.652. The topological polar surface area (TPSA) is 35.2 Å². The van der Waals surface area contributed by atoms with Crippen LogP contribution in [0.2, 0.25) is 0 Å². The molecule has 1 aromatic rings. The summed E-state index contributed by atoms with van der Waals surface area (Å²) in [6.07, 6.45) is 1.72. The Morgan fingerprint density at radius 3 is 2.73 bits per heavy atom. The van der Waals surface area contributed by atoms with Gasteiger partial charge in [-0.2, -0.15) is 0 Å². The number of anilines is 1. The number of ether oxygens (including phenoxy) is 1. The Morgan fingerprint density at radius 2 is 2.27 bits per heavy atom. The van der Waals surface area contributed by atoms with Crippen molar-refractivity contribution in [1.82, 2.24) is 0 Å². The molecule has 1 rings (SSSR count). The summed E-state index contributed by atoms with van der Waals surface area (Å²) in [4.78, 5) is 0. The highest BCUT2D eigenvalue weighted by molar-refractivity contribution is 5.65. The Labute approximate surface area is 66.3 Å². The van der Waals surface area contributed by atoms with Gasteiger partial charge < -0.3 is 10.5 Å². The highest BCUT2D eigenvalue weighted by Crippen LogP contribution is 2.19. The minimum Gasteiger partial charge on any atom is -0.497 e. The molecular weight excluding hydrogens is 138 g/mol. The van der Waals surface area contributed by atoms with Crippen molar-refractivity contribution in [3.8, 4) is 5.75 Å². The molecule has 0 aliphatic rings. The summed E-state index contributed by atoms with van der Waals surface area (Å²) >= 11 is 0. The van der Waals surface area contributed by atoms with Gasteiger partial charge in [-0.3, -0.25) is 0 Å². The lowest BCUT2D eigenvalue weighted by molar-refractivity contribution is 0.415. The lowest BCUT2D eigenvalue weighted by Crippen LogP contribution is -1.90. The van der Waals surface area contributed by atoms with Gasteiger partial charge >= 0.3 is 0 Å². The molecular formula is C9H11NO. The minimum atomic E-state index is 0.694. The Bertz CT molecular complexity index is 268. The molecule has 0 radical (unpaired) electrons. The van der Waals surface area contributed by atoms with Crippen molar-refractivity contribution in [1.29, 1.82) is 0 Å². The van der Waals surface area contributed by atoms with E-state index in [0.29, 0.717) is 5.69 Å². The van der Waals surface area contributed by atoms with Crippen molar-refractivity contribution in [3.63, 3.8) is 0 Å². The molecule has 0 aliphatic heterocycles. The smallest absolute Gasteiger partial charge is 0.120 e. The van der Waals surface area contributed by atoms with Crippen LogP contribution in [-0.4, -0.2) is 7.11 Å². The summed E-state index contributed by atoms with van der Waals surface area (Å²) in [5, 5.41) is 0. The zero-order valence-corrected chi connectivity index (χ0v) is 6.50. The maximum absolute atomic E-state index is 5.66. The van der Waals surface area contributed by atoms with Crippen molar-refractivity contribution >= 4 is 11.8 Å². The summed E-state index contributed by atoms with van der Waals surface area (Å²) in [7, 11) is 1.61. The molecule has 0 fully saturated rings. The van der Waals surface area contributed by atoms with E-state index in [1.807, 2.05) is 12.1 Å². The summed E-state index contributed by atoms with van der Waals surface area (Å²) in [5.74, 6) is 0.771. The zero-order chi connectivity index (χ0) is 8.27. The summed E-state index contributed by atoms with van der Waals surface area (Å²) in [5.41, 5.74) is 7.29. The van der Waals surface area contributed by atoms with Crippen molar-refractivity contribution in [2.75, 3.05) is 12.8 Å². The highest BCUT2D eigenvalue weighted by Gasteiger charge is 1.95. The van der Waals surface area contributed by atoms with Gasteiger partial charge in [-0.15, -0.1) is 0 Å². The molecule has 0 spiro atoms. The molecule has 2 nitrogen and oxygen atoms in total. The fourth-order valence-electron chi connectivity index (χ4n) is 0.866. The summed E-state index contributed by atoms with van der Waals surface area (Å²) in [6.45, 7) is 3.63. The van der Waals surface area contributed by atoms with Crippen molar-refractivity contribution in [2.24, 2.45) is 0 Å². The maximum Gasteiger partial charge on any atom is 0.120 e. The normalized spacial score (nSPS) is 9.18. The van der Waals surface area contributed by atoms with Crippen molar-refractivity contribution < 1.29 is 4.74 Å². The van der Waals surface area contributed by atoms with Gasteiger partial charge in [0.25, 0.3) is 0 Å². The predicted molar refractivity (Wildman–Crippen MR) is 47.5 cm³/mol. The summed E-state index contributed by atoms with van der Waals surface area (Å²) in [6, 6.07) is 5.51. The van der Waals surface area contributed by atoms with Gasteiger partial charge in [0.2, 0.25) is 0 Å². The largest absolute Gasteiger partial charge is 0.497 e. The van der Waals surface area contributed by atoms with Crippen LogP contribution in [0.3, 0.4) is 0 Å². The third kappa shape index (κ3) is 1.52. The molecule has 0 amide bonds. The second kappa shape index (κ2) is 3.10. The minimum absolute atomic E-state index is 0.694. The lowest BCUT2D eigenvalue weighted by Gasteiger charge is -2.02. The van der Waals surface area contributed by atoms with Crippen LogP contribution < -0.4 is 10.5 Å². The first-order valence-corrected chi connectivity index (χ1v) is 3.34. The predicted octanol–water partition coefficient (Wildman–Crippen LogP) is 1.92. The molecule has 2 N–H and O–H groups in total. The fraction of sp³-hybridized carbons (Fsp3) is 0.111. The van der Waals surface area contributed by atoms with E-state index in [9.17, 15) is 0 Å². The molecule has 0 atom stereocenters. The number of nitrogen functional groups attached to an aromatic ring is 1. The van der Waals surface area contributed by atoms with Crippen molar-refractivity contribution in [3.05, 3.63) is 30.3 Å². The molecule has 0 saturated heterocycles. The average molecular weight is 149 g/mol. The summed E-state index contributed by atoms with van der Waals surface area (Å²) < 4.78 is 4.98. The molecule has 11 heavy (non-hydrogen) atoms.